The molecule has 1 aliphatic carbocycles. The van der Waals surface area contributed by atoms with Crippen LogP contribution in [0.3, 0.4) is 0 Å². The second-order valence-corrected chi connectivity index (χ2v) is 6.05. The zero-order valence-corrected chi connectivity index (χ0v) is 11.2. The summed E-state index contributed by atoms with van der Waals surface area (Å²) in [6.45, 7) is 6.76. The summed E-state index contributed by atoms with van der Waals surface area (Å²) in [4.78, 5) is 1.37. The maximum atomic E-state index is 3.66. The molecule has 0 aromatic heterocycles. The van der Waals surface area contributed by atoms with E-state index < -0.39 is 0 Å². The van der Waals surface area contributed by atoms with Crippen molar-refractivity contribution in [3.8, 4) is 0 Å². The van der Waals surface area contributed by atoms with Gasteiger partial charge in [-0.3, -0.25) is 0 Å². The molecule has 1 fully saturated rings. The normalized spacial score (nSPS) is 25.4. The molecule has 1 nitrogen and oxygen atoms in total. The summed E-state index contributed by atoms with van der Waals surface area (Å²) in [6.07, 6.45) is 1.34. The lowest BCUT2D eigenvalue weighted by Crippen LogP contribution is -2.21. The van der Waals surface area contributed by atoms with Crippen molar-refractivity contribution < 1.29 is 0 Å². The van der Waals surface area contributed by atoms with Crippen molar-refractivity contribution in [3.05, 3.63) is 29.8 Å². The van der Waals surface area contributed by atoms with E-state index in [4.69, 9.17) is 0 Å². The predicted molar refractivity (Wildman–Crippen MR) is 72.0 cm³/mol. The molecule has 88 valence electrons. The molecule has 2 rings (SSSR count). The summed E-state index contributed by atoms with van der Waals surface area (Å²) in [5.74, 6) is 2.02. The largest absolute Gasteiger partial charge is 0.307 e. The Bertz CT molecular complexity index is 333. The van der Waals surface area contributed by atoms with Crippen molar-refractivity contribution in [3.63, 3.8) is 0 Å². The number of thioether (sulfide) groups is 1. The van der Waals surface area contributed by atoms with E-state index >= 15 is 0 Å². The molecule has 16 heavy (non-hydrogen) atoms. The summed E-state index contributed by atoms with van der Waals surface area (Å²) < 4.78 is 0. The molecule has 3 unspecified atom stereocenters. The highest BCUT2D eigenvalue weighted by molar-refractivity contribution is 7.99. The number of nitrogens with one attached hydrogen (secondary N) is 1. The minimum atomic E-state index is 0.482. The van der Waals surface area contributed by atoms with Crippen LogP contribution in [-0.4, -0.2) is 11.8 Å². The SMILES string of the molecule is CCSc1ccc(C(C)NC2CC2C)cc1. The minimum Gasteiger partial charge on any atom is -0.307 e. The number of hydrogen-bond donors (Lipinski definition) is 1. The van der Waals surface area contributed by atoms with Gasteiger partial charge in [-0.05, 0) is 42.7 Å². The zero-order chi connectivity index (χ0) is 11.5. The Hall–Kier alpha value is -0.470. The van der Waals surface area contributed by atoms with E-state index in [0.29, 0.717) is 6.04 Å². The quantitative estimate of drug-likeness (QED) is 0.778. The van der Waals surface area contributed by atoms with E-state index in [1.54, 1.807) is 0 Å². The van der Waals surface area contributed by atoms with Gasteiger partial charge in [0.15, 0.2) is 0 Å². The second-order valence-electron chi connectivity index (χ2n) is 4.71. The van der Waals surface area contributed by atoms with Crippen LogP contribution in [0.4, 0.5) is 0 Å². The van der Waals surface area contributed by atoms with E-state index in [1.165, 1.54) is 16.9 Å². The fourth-order valence-corrected chi connectivity index (χ4v) is 2.65. The van der Waals surface area contributed by atoms with Crippen molar-refractivity contribution in [1.29, 1.82) is 0 Å². The van der Waals surface area contributed by atoms with Gasteiger partial charge in [0.2, 0.25) is 0 Å². The zero-order valence-electron chi connectivity index (χ0n) is 10.4. The standard InChI is InChI=1S/C14H21NS/c1-4-16-13-7-5-12(6-8-13)11(3)15-14-9-10(14)2/h5-8,10-11,14-15H,4,9H2,1-3H3. The van der Waals surface area contributed by atoms with E-state index in [9.17, 15) is 0 Å². The Morgan fingerprint density at radius 3 is 2.50 bits per heavy atom. The molecule has 1 N–H and O–H groups in total. The Kier molecular flexibility index (Phi) is 3.93. The third-order valence-electron chi connectivity index (χ3n) is 3.26. The first kappa shape index (κ1) is 12.0. The average molecular weight is 235 g/mol. The van der Waals surface area contributed by atoms with Gasteiger partial charge in [0.25, 0.3) is 0 Å². The highest BCUT2D eigenvalue weighted by Gasteiger charge is 2.33. The summed E-state index contributed by atoms with van der Waals surface area (Å²) in [7, 11) is 0. The van der Waals surface area contributed by atoms with Crippen LogP contribution in [0.15, 0.2) is 29.2 Å². The van der Waals surface area contributed by atoms with Crippen molar-refractivity contribution in [2.45, 2.75) is 44.2 Å². The molecule has 0 aliphatic heterocycles. The highest BCUT2D eigenvalue weighted by Crippen LogP contribution is 2.31. The van der Waals surface area contributed by atoms with Gasteiger partial charge in [-0.1, -0.05) is 26.0 Å². The lowest BCUT2D eigenvalue weighted by molar-refractivity contribution is 0.551. The molecular formula is C14H21NS. The molecule has 0 spiro atoms. The Morgan fingerprint density at radius 1 is 1.38 bits per heavy atom. The van der Waals surface area contributed by atoms with Gasteiger partial charge < -0.3 is 5.32 Å². The van der Waals surface area contributed by atoms with Gasteiger partial charge in [-0.15, -0.1) is 11.8 Å². The van der Waals surface area contributed by atoms with Crippen molar-refractivity contribution in [2.24, 2.45) is 5.92 Å². The van der Waals surface area contributed by atoms with Crippen molar-refractivity contribution in [2.75, 3.05) is 5.75 Å². The first-order valence-corrected chi connectivity index (χ1v) is 7.18. The highest BCUT2D eigenvalue weighted by atomic mass is 32.2. The van der Waals surface area contributed by atoms with Crippen LogP contribution in [0, 0.1) is 5.92 Å². The maximum Gasteiger partial charge on any atom is 0.0294 e. The molecule has 0 heterocycles. The molecule has 0 amide bonds. The Balaban J connectivity index is 1.92. The fraction of sp³-hybridized carbons (Fsp3) is 0.571. The maximum absolute atomic E-state index is 3.66. The Labute approximate surface area is 103 Å². The molecule has 0 radical (unpaired) electrons. The molecule has 1 aromatic rings. The molecule has 0 bridgehead atoms. The van der Waals surface area contributed by atoms with E-state index in [-0.39, 0.29) is 0 Å². The van der Waals surface area contributed by atoms with E-state index in [0.717, 1.165) is 17.7 Å². The van der Waals surface area contributed by atoms with E-state index in [2.05, 4.69) is 50.4 Å². The molecule has 1 aliphatic rings. The van der Waals surface area contributed by atoms with Gasteiger partial charge in [0, 0.05) is 17.0 Å². The number of rotatable bonds is 5. The monoisotopic (exact) mass is 235 g/mol. The van der Waals surface area contributed by atoms with Crippen LogP contribution >= 0.6 is 11.8 Å². The molecule has 1 aromatic carbocycles. The van der Waals surface area contributed by atoms with Crippen molar-refractivity contribution in [1.82, 2.24) is 5.32 Å². The lowest BCUT2D eigenvalue weighted by Gasteiger charge is -2.14. The second kappa shape index (κ2) is 5.24. The van der Waals surface area contributed by atoms with Crippen LogP contribution in [0.1, 0.15) is 38.8 Å². The van der Waals surface area contributed by atoms with E-state index in [1.807, 2.05) is 11.8 Å². The first-order valence-electron chi connectivity index (χ1n) is 6.19. The summed E-state index contributed by atoms with van der Waals surface area (Å²) >= 11 is 1.90. The van der Waals surface area contributed by atoms with Crippen LogP contribution in [0.2, 0.25) is 0 Å². The van der Waals surface area contributed by atoms with Crippen LogP contribution < -0.4 is 5.32 Å². The minimum absolute atomic E-state index is 0.482. The van der Waals surface area contributed by atoms with Crippen LogP contribution in [0.5, 0.6) is 0 Å². The average Bonchev–Trinajstić information content (AvgIpc) is 2.95. The van der Waals surface area contributed by atoms with Crippen molar-refractivity contribution >= 4 is 11.8 Å². The Morgan fingerprint density at radius 2 is 2.00 bits per heavy atom. The van der Waals surface area contributed by atoms with Gasteiger partial charge in [-0.25, -0.2) is 0 Å². The summed E-state index contributed by atoms with van der Waals surface area (Å²) in [5, 5.41) is 3.66. The lowest BCUT2D eigenvalue weighted by atomic mass is 10.1. The summed E-state index contributed by atoms with van der Waals surface area (Å²) in [6, 6.07) is 10.2. The predicted octanol–water partition coefficient (Wildman–Crippen LogP) is 3.86. The van der Waals surface area contributed by atoms with Gasteiger partial charge in [-0.2, -0.15) is 0 Å². The molecule has 2 heteroatoms. The number of hydrogen-bond acceptors (Lipinski definition) is 2. The number of benzene rings is 1. The fourth-order valence-electron chi connectivity index (χ4n) is 1.99. The third kappa shape index (κ3) is 3.02. The van der Waals surface area contributed by atoms with Gasteiger partial charge in [0.1, 0.15) is 0 Å². The van der Waals surface area contributed by atoms with Crippen LogP contribution in [-0.2, 0) is 0 Å². The first-order chi connectivity index (χ1) is 7.70. The summed E-state index contributed by atoms with van der Waals surface area (Å²) in [5.41, 5.74) is 1.40. The molecular weight excluding hydrogens is 214 g/mol. The molecule has 1 saturated carbocycles. The van der Waals surface area contributed by atoms with Gasteiger partial charge in [0.05, 0.1) is 0 Å². The smallest absolute Gasteiger partial charge is 0.0294 e. The molecule has 0 saturated heterocycles. The topological polar surface area (TPSA) is 12.0 Å². The van der Waals surface area contributed by atoms with Crippen LogP contribution in [0.25, 0.3) is 0 Å². The van der Waals surface area contributed by atoms with Gasteiger partial charge >= 0.3 is 0 Å². The third-order valence-corrected chi connectivity index (χ3v) is 4.16. The molecule has 3 atom stereocenters.